The molecule has 0 amide bonds. The molecule has 0 aromatic carbocycles. The summed E-state index contributed by atoms with van der Waals surface area (Å²) in [5.41, 5.74) is 0. The molecule has 1 heteroatoms. The largest absolute Gasteiger partial charge is 0.303 e. The molecule has 0 radical (unpaired) electrons. The molecule has 0 rings (SSSR count). The summed E-state index contributed by atoms with van der Waals surface area (Å²) in [4.78, 5) is 2.85. The third-order valence-corrected chi connectivity index (χ3v) is 9.23. The van der Waals surface area contributed by atoms with Gasteiger partial charge in [-0.25, -0.2) is 0 Å². The van der Waals surface area contributed by atoms with E-state index in [1.165, 1.54) is 232 Å². The molecule has 0 N–H and O–H groups in total. The van der Waals surface area contributed by atoms with Crippen molar-refractivity contribution >= 4 is 0 Å². The van der Waals surface area contributed by atoms with Gasteiger partial charge in [-0.2, -0.15) is 0 Å². The Morgan fingerprint density at radius 2 is 0.350 bits per heavy atom. The minimum atomic E-state index is 1.37. The summed E-state index contributed by atoms with van der Waals surface area (Å²) in [6, 6.07) is 0. The van der Waals surface area contributed by atoms with Gasteiger partial charge in [0.05, 0.1) is 0 Å². The molecule has 0 aromatic heterocycles. The van der Waals surface area contributed by atoms with E-state index in [0.29, 0.717) is 0 Å². The lowest BCUT2D eigenvalue weighted by Gasteiger charge is -2.22. The lowest BCUT2D eigenvalue weighted by Crippen LogP contribution is -2.27. The summed E-state index contributed by atoms with van der Waals surface area (Å²) in [6.07, 6.45) is 48.1. The molecule has 0 unspecified atom stereocenters. The van der Waals surface area contributed by atoms with Gasteiger partial charge in [0.1, 0.15) is 0 Å². The minimum Gasteiger partial charge on any atom is -0.303 e. The average molecular weight is 564 g/mol. The van der Waals surface area contributed by atoms with Crippen molar-refractivity contribution in [3.8, 4) is 0 Å². The zero-order valence-corrected chi connectivity index (χ0v) is 28.9. The van der Waals surface area contributed by atoms with Crippen molar-refractivity contribution in [2.75, 3.05) is 19.6 Å². The molecule has 0 spiro atoms. The van der Waals surface area contributed by atoms with Gasteiger partial charge in [0.15, 0.2) is 0 Å². The Kier molecular flexibility index (Phi) is 36.9. The van der Waals surface area contributed by atoms with E-state index in [1.807, 2.05) is 0 Å². The van der Waals surface area contributed by atoms with Gasteiger partial charge in [-0.1, -0.05) is 213 Å². The van der Waals surface area contributed by atoms with Crippen LogP contribution in [0.2, 0.25) is 0 Å². The number of hydrogen-bond acceptors (Lipinski definition) is 1. The summed E-state index contributed by atoms with van der Waals surface area (Å²) in [7, 11) is 0. The Labute approximate surface area is 256 Å². The maximum Gasteiger partial charge on any atom is -0.00187 e. The molecule has 0 saturated heterocycles. The molecule has 0 fully saturated rings. The van der Waals surface area contributed by atoms with Crippen LogP contribution in [-0.4, -0.2) is 24.5 Å². The van der Waals surface area contributed by atoms with E-state index >= 15 is 0 Å². The molecule has 0 aromatic rings. The highest BCUT2D eigenvalue weighted by atomic mass is 15.1. The van der Waals surface area contributed by atoms with Crippen molar-refractivity contribution in [3.63, 3.8) is 0 Å². The van der Waals surface area contributed by atoms with E-state index in [-0.39, 0.29) is 0 Å². The standard InChI is InChI=1S/C39H81N/c1-4-7-10-13-16-19-20-21-22-23-24-27-30-33-36-39-40(37-34-31-28-25-17-14-11-8-5-2)38-35-32-29-26-18-15-12-9-6-3/h4-39H2,1-3H3. The SMILES string of the molecule is CCCCCCCCCCCCCCCCCN(CCCCCCCCCCC)CCCCCCCCCCC. The van der Waals surface area contributed by atoms with Crippen LogP contribution >= 0.6 is 0 Å². The molecule has 40 heavy (non-hydrogen) atoms. The maximum absolute atomic E-state index is 2.85. The first kappa shape index (κ1) is 40.0. The maximum atomic E-state index is 2.85. The van der Waals surface area contributed by atoms with Gasteiger partial charge in [0.25, 0.3) is 0 Å². The van der Waals surface area contributed by atoms with Gasteiger partial charge in [0.2, 0.25) is 0 Å². The predicted molar refractivity (Wildman–Crippen MR) is 186 cm³/mol. The van der Waals surface area contributed by atoms with E-state index in [0.717, 1.165) is 0 Å². The van der Waals surface area contributed by atoms with Gasteiger partial charge >= 0.3 is 0 Å². The van der Waals surface area contributed by atoms with Crippen LogP contribution < -0.4 is 0 Å². The smallest absolute Gasteiger partial charge is 0.00187 e. The van der Waals surface area contributed by atoms with Crippen molar-refractivity contribution < 1.29 is 0 Å². The molecular weight excluding hydrogens is 482 g/mol. The van der Waals surface area contributed by atoms with E-state index < -0.39 is 0 Å². The van der Waals surface area contributed by atoms with Crippen LogP contribution in [0.5, 0.6) is 0 Å². The van der Waals surface area contributed by atoms with Gasteiger partial charge in [-0.15, -0.1) is 0 Å². The number of hydrogen-bond donors (Lipinski definition) is 0. The van der Waals surface area contributed by atoms with E-state index in [9.17, 15) is 0 Å². The van der Waals surface area contributed by atoms with Gasteiger partial charge in [-0.05, 0) is 38.9 Å². The molecule has 0 aliphatic rings. The molecule has 0 heterocycles. The second kappa shape index (κ2) is 37.0. The Morgan fingerprint density at radius 1 is 0.200 bits per heavy atom. The van der Waals surface area contributed by atoms with Crippen molar-refractivity contribution in [1.82, 2.24) is 4.90 Å². The van der Waals surface area contributed by atoms with E-state index in [4.69, 9.17) is 0 Å². The Morgan fingerprint density at radius 3 is 0.525 bits per heavy atom. The van der Waals surface area contributed by atoms with Gasteiger partial charge in [-0.3, -0.25) is 0 Å². The molecular formula is C39H81N. The zero-order chi connectivity index (χ0) is 29.0. The van der Waals surface area contributed by atoms with Crippen molar-refractivity contribution in [3.05, 3.63) is 0 Å². The summed E-state index contributed by atoms with van der Waals surface area (Å²) in [5.74, 6) is 0. The van der Waals surface area contributed by atoms with Crippen LogP contribution in [0.4, 0.5) is 0 Å². The summed E-state index contributed by atoms with van der Waals surface area (Å²) in [6.45, 7) is 11.1. The first-order valence-electron chi connectivity index (χ1n) is 19.6. The normalized spacial score (nSPS) is 11.7. The van der Waals surface area contributed by atoms with E-state index in [1.54, 1.807) is 0 Å². The second-order valence-corrected chi connectivity index (χ2v) is 13.4. The highest BCUT2D eigenvalue weighted by molar-refractivity contribution is 4.61. The van der Waals surface area contributed by atoms with Crippen LogP contribution in [0.1, 0.15) is 233 Å². The Hall–Kier alpha value is -0.0400. The van der Waals surface area contributed by atoms with Crippen LogP contribution in [0, 0.1) is 0 Å². The van der Waals surface area contributed by atoms with Crippen LogP contribution in [0.3, 0.4) is 0 Å². The number of nitrogens with zero attached hydrogens (tertiary/aromatic N) is 1. The highest BCUT2D eigenvalue weighted by Gasteiger charge is 2.05. The first-order valence-corrected chi connectivity index (χ1v) is 19.6. The summed E-state index contributed by atoms with van der Waals surface area (Å²) >= 11 is 0. The fraction of sp³-hybridized carbons (Fsp3) is 1.00. The van der Waals surface area contributed by atoms with Gasteiger partial charge < -0.3 is 4.90 Å². The second-order valence-electron chi connectivity index (χ2n) is 13.4. The fourth-order valence-electron chi connectivity index (χ4n) is 6.33. The third kappa shape index (κ3) is 34.2. The van der Waals surface area contributed by atoms with Crippen molar-refractivity contribution in [1.29, 1.82) is 0 Å². The highest BCUT2D eigenvalue weighted by Crippen LogP contribution is 2.15. The Balaban J connectivity index is 3.81. The Bertz CT molecular complexity index is 397. The fourth-order valence-corrected chi connectivity index (χ4v) is 6.33. The lowest BCUT2D eigenvalue weighted by molar-refractivity contribution is 0.254. The number of unbranched alkanes of at least 4 members (excludes halogenated alkanes) is 30. The molecule has 0 bridgehead atoms. The molecule has 0 saturated carbocycles. The van der Waals surface area contributed by atoms with Gasteiger partial charge in [0, 0.05) is 0 Å². The minimum absolute atomic E-state index is 1.37. The molecule has 242 valence electrons. The monoisotopic (exact) mass is 564 g/mol. The molecule has 1 nitrogen and oxygen atoms in total. The molecule has 0 aliphatic carbocycles. The van der Waals surface area contributed by atoms with Crippen LogP contribution in [-0.2, 0) is 0 Å². The summed E-state index contributed by atoms with van der Waals surface area (Å²) < 4.78 is 0. The zero-order valence-electron chi connectivity index (χ0n) is 28.9. The quantitative estimate of drug-likeness (QED) is 0.0685. The van der Waals surface area contributed by atoms with Crippen LogP contribution in [0.25, 0.3) is 0 Å². The lowest BCUT2D eigenvalue weighted by atomic mass is 10.0. The third-order valence-electron chi connectivity index (χ3n) is 9.23. The topological polar surface area (TPSA) is 3.24 Å². The van der Waals surface area contributed by atoms with Crippen molar-refractivity contribution in [2.24, 2.45) is 0 Å². The summed E-state index contributed by atoms with van der Waals surface area (Å²) in [5, 5.41) is 0. The number of rotatable bonds is 36. The van der Waals surface area contributed by atoms with Crippen molar-refractivity contribution in [2.45, 2.75) is 233 Å². The molecule has 0 atom stereocenters. The van der Waals surface area contributed by atoms with E-state index in [2.05, 4.69) is 25.7 Å². The average Bonchev–Trinajstić information content (AvgIpc) is 2.97. The molecule has 0 aliphatic heterocycles. The first-order chi connectivity index (χ1) is 19.8. The van der Waals surface area contributed by atoms with Crippen LogP contribution in [0.15, 0.2) is 0 Å². The predicted octanol–water partition coefficient (Wildman–Crippen LogP) is 14.2.